The molecule has 0 fully saturated rings. The molecule has 0 aliphatic heterocycles. The first-order valence-corrected chi connectivity index (χ1v) is 8.16. The van der Waals surface area contributed by atoms with Crippen LogP contribution >= 0.6 is 23.2 Å². The molecule has 1 N–H and O–H groups in total. The van der Waals surface area contributed by atoms with Gasteiger partial charge in [0.05, 0.1) is 0 Å². The van der Waals surface area contributed by atoms with E-state index >= 15 is 0 Å². The predicted molar refractivity (Wildman–Crippen MR) is 95.7 cm³/mol. The van der Waals surface area contributed by atoms with E-state index in [1.54, 1.807) is 24.3 Å². The maximum absolute atomic E-state index is 12.5. The Morgan fingerprint density at radius 3 is 2.57 bits per heavy atom. The Labute approximate surface area is 146 Å². The Balaban J connectivity index is 2.12. The van der Waals surface area contributed by atoms with E-state index in [2.05, 4.69) is 5.32 Å². The zero-order valence-corrected chi connectivity index (χ0v) is 14.8. The molecule has 1 atom stereocenters. The molecule has 0 heterocycles. The van der Waals surface area contributed by atoms with Crippen LogP contribution in [0.2, 0.25) is 10.0 Å². The highest BCUT2D eigenvalue weighted by Crippen LogP contribution is 2.25. The summed E-state index contributed by atoms with van der Waals surface area (Å²) in [6, 6.07) is 10.8. The molecule has 5 heteroatoms. The fourth-order valence-corrected chi connectivity index (χ4v) is 2.43. The first kappa shape index (κ1) is 17.6. The van der Waals surface area contributed by atoms with E-state index in [-0.39, 0.29) is 5.91 Å². The fraction of sp³-hybridized carbons (Fsp3) is 0.278. The van der Waals surface area contributed by atoms with Crippen LogP contribution in [0.1, 0.15) is 24.5 Å². The number of hydrogen-bond donors (Lipinski definition) is 1. The van der Waals surface area contributed by atoms with Gasteiger partial charge < -0.3 is 10.1 Å². The Bertz CT molecular complexity index is 716. The molecule has 0 spiro atoms. The molecule has 23 heavy (non-hydrogen) atoms. The van der Waals surface area contributed by atoms with Crippen LogP contribution in [0.25, 0.3) is 0 Å². The van der Waals surface area contributed by atoms with E-state index in [9.17, 15) is 4.79 Å². The van der Waals surface area contributed by atoms with Gasteiger partial charge >= 0.3 is 0 Å². The molecule has 0 saturated heterocycles. The smallest absolute Gasteiger partial charge is 0.265 e. The Morgan fingerprint density at radius 1 is 1.17 bits per heavy atom. The zero-order chi connectivity index (χ0) is 17.0. The van der Waals surface area contributed by atoms with Gasteiger partial charge in [-0.1, -0.05) is 36.2 Å². The number of ether oxygens (including phenoxy) is 1. The standard InChI is InChI=1S/C18H19Cl2NO2/c1-4-17(23-13-8-9-14(19)11(2)10-13)18(22)21-16-7-5-6-15(20)12(16)3/h5-10,17H,4H2,1-3H3,(H,21,22)/t17-/m0/s1. The van der Waals surface area contributed by atoms with Gasteiger partial charge in [-0.15, -0.1) is 0 Å². The zero-order valence-electron chi connectivity index (χ0n) is 13.3. The largest absolute Gasteiger partial charge is 0.481 e. The van der Waals surface area contributed by atoms with Gasteiger partial charge in [-0.05, 0) is 61.7 Å². The Hall–Kier alpha value is -1.71. The average Bonchev–Trinajstić information content (AvgIpc) is 2.52. The summed E-state index contributed by atoms with van der Waals surface area (Å²) in [5, 5.41) is 4.16. The van der Waals surface area contributed by atoms with E-state index in [1.165, 1.54) is 0 Å². The van der Waals surface area contributed by atoms with Crippen molar-refractivity contribution in [3.63, 3.8) is 0 Å². The van der Waals surface area contributed by atoms with E-state index in [0.29, 0.717) is 27.9 Å². The van der Waals surface area contributed by atoms with Crippen molar-refractivity contribution in [1.82, 2.24) is 0 Å². The van der Waals surface area contributed by atoms with Crippen LogP contribution in [0.5, 0.6) is 5.75 Å². The minimum absolute atomic E-state index is 0.203. The van der Waals surface area contributed by atoms with Crippen LogP contribution in [0, 0.1) is 13.8 Å². The van der Waals surface area contributed by atoms with Crippen molar-refractivity contribution in [1.29, 1.82) is 0 Å². The van der Waals surface area contributed by atoms with Gasteiger partial charge in [0.1, 0.15) is 5.75 Å². The highest BCUT2D eigenvalue weighted by Gasteiger charge is 2.19. The fourth-order valence-electron chi connectivity index (χ4n) is 2.13. The third-order valence-electron chi connectivity index (χ3n) is 3.60. The molecule has 0 unspecified atom stereocenters. The molecule has 3 nitrogen and oxygen atoms in total. The molecule has 122 valence electrons. The quantitative estimate of drug-likeness (QED) is 0.782. The van der Waals surface area contributed by atoms with Crippen molar-refractivity contribution in [3.8, 4) is 5.75 Å². The van der Waals surface area contributed by atoms with Crippen LogP contribution in [0.3, 0.4) is 0 Å². The van der Waals surface area contributed by atoms with Crippen molar-refractivity contribution in [3.05, 3.63) is 57.6 Å². The van der Waals surface area contributed by atoms with Gasteiger partial charge in [-0.3, -0.25) is 4.79 Å². The molecule has 0 bridgehead atoms. The van der Waals surface area contributed by atoms with Crippen molar-refractivity contribution < 1.29 is 9.53 Å². The summed E-state index contributed by atoms with van der Waals surface area (Å²) in [7, 11) is 0. The summed E-state index contributed by atoms with van der Waals surface area (Å²) < 4.78 is 5.80. The lowest BCUT2D eigenvalue weighted by atomic mass is 10.1. The van der Waals surface area contributed by atoms with Crippen molar-refractivity contribution in [2.45, 2.75) is 33.3 Å². The molecule has 2 rings (SSSR count). The summed E-state index contributed by atoms with van der Waals surface area (Å²) in [6.45, 7) is 5.66. The van der Waals surface area contributed by atoms with E-state index in [4.69, 9.17) is 27.9 Å². The number of carbonyl (C=O) groups excluding carboxylic acids is 1. The van der Waals surface area contributed by atoms with E-state index in [1.807, 2.05) is 32.9 Å². The lowest BCUT2D eigenvalue weighted by Crippen LogP contribution is -2.32. The first-order chi connectivity index (χ1) is 10.9. The molecule has 0 saturated carbocycles. The van der Waals surface area contributed by atoms with Gasteiger partial charge in [0.25, 0.3) is 5.91 Å². The average molecular weight is 352 g/mol. The molecule has 2 aromatic rings. The molecular formula is C18H19Cl2NO2. The van der Waals surface area contributed by atoms with E-state index < -0.39 is 6.10 Å². The summed E-state index contributed by atoms with van der Waals surface area (Å²) in [4.78, 5) is 12.5. The van der Waals surface area contributed by atoms with Gasteiger partial charge in [0.15, 0.2) is 6.10 Å². The third kappa shape index (κ3) is 4.40. The summed E-state index contributed by atoms with van der Waals surface area (Å²) in [5.74, 6) is 0.419. The molecule has 1 amide bonds. The maximum Gasteiger partial charge on any atom is 0.265 e. The number of nitrogens with one attached hydrogen (secondary N) is 1. The molecule has 0 aliphatic rings. The van der Waals surface area contributed by atoms with Crippen LogP contribution in [-0.4, -0.2) is 12.0 Å². The van der Waals surface area contributed by atoms with Crippen molar-refractivity contribution in [2.24, 2.45) is 0 Å². The second-order valence-corrected chi connectivity index (χ2v) is 6.14. The van der Waals surface area contributed by atoms with Crippen LogP contribution < -0.4 is 10.1 Å². The number of halogens is 2. The topological polar surface area (TPSA) is 38.3 Å². The molecule has 0 radical (unpaired) electrons. The second-order valence-electron chi connectivity index (χ2n) is 5.33. The van der Waals surface area contributed by atoms with Gasteiger partial charge in [0, 0.05) is 15.7 Å². The summed E-state index contributed by atoms with van der Waals surface area (Å²) >= 11 is 12.1. The Morgan fingerprint density at radius 2 is 1.91 bits per heavy atom. The highest BCUT2D eigenvalue weighted by atomic mass is 35.5. The number of rotatable bonds is 5. The summed E-state index contributed by atoms with van der Waals surface area (Å²) in [5.41, 5.74) is 2.43. The normalized spacial score (nSPS) is 11.9. The lowest BCUT2D eigenvalue weighted by Gasteiger charge is -2.18. The number of benzene rings is 2. The number of hydrogen-bond acceptors (Lipinski definition) is 2. The third-order valence-corrected chi connectivity index (χ3v) is 4.43. The predicted octanol–water partition coefficient (Wildman–Crippen LogP) is 5.41. The molecule has 2 aromatic carbocycles. The van der Waals surface area contributed by atoms with E-state index in [0.717, 1.165) is 11.1 Å². The number of aryl methyl sites for hydroxylation is 1. The Kier molecular flexibility index (Phi) is 5.91. The SMILES string of the molecule is CC[C@H](Oc1ccc(Cl)c(C)c1)C(=O)Nc1cccc(Cl)c1C. The number of carbonyl (C=O) groups is 1. The number of anilines is 1. The lowest BCUT2D eigenvalue weighted by molar-refractivity contribution is -0.122. The second kappa shape index (κ2) is 7.71. The molecule has 0 aliphatic carbocycles. The van der Waals surface area contributed by atoms with Gasteiger partial charge in [0.2, 0.25) is 0 Å². The maximum atomic E-state index is 12.5. The summed E-state index contributed by atoms with van der Waals surface area (Å²) in [6.07, 6.45) is -0.0402. The monoisotopic (exact) mass is 351 g/mol. The minimum Gasteiger partial charge on any atom is -0.481 e. The van der Waals surface area contributed by atoms with Crippen molar-refractivity contribution >= 4 is 34.8 Å². The van der Waals surface area contributed by atoms with Gasteiger partial charge in [-0.25, -0.2) is 0 Å². The highest BCUT2D eigenvalue weighted by molar-refractivity contribution is 6.32. The van der Waals surface area contributed by atoms with Crippen LogP contribution in [0.15, 0.2) is 36.4 Å². The first-order valence-electron chi connectivity index (χ1n) is 7.41. The molecular weight excluding hydrogens is 333 g/mol. The van der Waals surface area contributed by atoms with Crippen LogP contribution in [-0.2, 0) is 4.79 Å². The van der Waals surface area contributed by atoms with Crippen molar-refractivity contribution in [2.75, 3.05) is 5.32 Å². The molecule has 0 aromatic heterocycles. The van der Waals surface area contributed by atoms with Crippen LogP contribution in [0.4, 0.5) is 5.69 Å². The minimum atomic E-state index is -0.589. The van der Waals surface area contributed by atoms with Gasteiger partial charge in [-0.2, -0.15) is 0 Å². The number of amides is 1.